The lowest BCUT2D eigenvalue weighted by Crippen LogP contribution is -2.51. The van der Waals surface area contributed by atoms with Gasteiger partial charge in [0.25, 0.3) is 0 Å². The van der Waals surface area contributed by atoms with Crippen molar-refractivity contribution in [2.75, 3.05) is 11.1 Å². The fourth-order valence-corrected chi connectivity index (χ4v) is 5.45. The molecule has 0 radical (unpaired) electrons. The molecule has 21 heavy (non-hydrogen) atoms. The minimum atomic E-state index is -0.150. The number of amides is 1. The third-order valence-corrected chi connectivity index (χ3v) is 6.09. The van der Waals surface area contributed by atoms with E-state index in [0.717, 1.165) is 37.0 Å². The summed E-state index contributed by atoms with van der Waals surface area (Å²) >= 11 is 6.18. The first-order valence-corrected chi connectivity index (χ1v) is 8.28. The van der Waals surface area contributed by atoms with Crippen molar-refractivity contribution in [3.05, 3.63) is 23.2 Å². The molecule has 4 fully saturated rings. The summed E-state index contributed by atoms with van der Waals surface area (Å²) in [6.45, 7) is 0. The molecule has 0 spiro atoms. The lowest BCUT2D eigenvalue weighted by atomic mass is 9.49. The summed E-state index contributed by atoms with van der Waals surface area (Å²) in [5.41, 5.74) is 6.92. The predicted molar refractivity (Wildman–Crippen MR) is 85.1 cm³/mol. The smallest absolute Gasteiger partial charge is 0.230 e. The van der Waals surface area contributed by atoms with E-state index >= 15 is 0 Å². The summed E-state index contributed by atoms with van der Waals surface area (Å²) in [7, 11) is 0. The molecule has 0 aliphatic heterocycles. The van der Waals surface area contributed by atoms with E-state index in [1.165, 1.54) is 19.3 Å². The second-order valence-electron chi connectivity index (χ2n) is 7.39. The number of benzene rings is 1. The zero-order valence-corrected chi connectivity index (χ0v) is 12.8. The summed E-state index contributed by atoms with van der Waals surface area (Å²) in [6.07, 6.45) is 7.20. The molecule has 1 aromatic carbocycles. The third kappa shape index (κ3) is 2.22. The van der Waals surface area contributed by atoms with Crippen molar-refractivity contribution in [2.45, 2.75) is 38.5 Å². The second-order valence-corrected chi connectivity index (χ2v) is 7.80. The Balaban J connectivity index is 1.59. The van der Waals surface area contributed by atoms with E-state index in [0.29, 0.717) is 16.4 Å². The predicted octanol–water partition coefficient (Wildman–Crippen LogP) is 4.08. The maximum atomic E-state index is 12.9. The molecule has 0 heterocycles. The van der Waals surface area contributed by atoms with Gasteiger partial charge in [0.1, 0.15) is 0 Å². The summed E-state index contributed by atoms with van der Waals surface area (Å²) in [5, 5.41) is 3.61. The van der Waals surface area contributed by atoms with Gasteiger partial charge in [-0.3, -0.25) is 4.79 Å². The summed E-state index contributed by atoms with van der Waals surface area (Å²) in [6, 6.07) is 5.25. The Bertz CT molecular complexity index is 563. The van der Waals surface area contributed by atoms with Crippen molar-refractivity contribution in [1.82, 2.24) is 0 Å². The largest absolute Gasteiger partial charge is 0.399 e. The zero-order valence-electron chi connectivity index (χ0n) is 12.1. The molecule has 3 nitrogen and oxygen atoms in total. The van der Waals surface area contributed by atoms with E-state index in [-0.39, 0.29) is 11.3 Å². The fraction of sp³-hybridized carbons (Fsp3) is 0.588. The summed E-state index contributed by atoms with van der Waals surface area (Å²) < 4.78 is 0. The van der Waals surface area contributed by atoms with E-state index in [1.807, 2.05) is 0 Å². The lowest BCUT2D eigenvalue weighted by molar-refractivity contribution is -0.140. The molecule has 0 aromatic heterocycles. The number of hydrogen-bond donors (Lipinski definition) is 2. The standard InChI is InChI=1S/C17H21ClN2O/c18-14-2-1-13(19)6-15(14)20-16(21)17-7-10-3-11(8-17)5-12(4-10)9-17/h1-2,6,10-12H,3-5,7-9,19H2,(H,20,21). The number of nitrogen functional groups attached to an aromatic ring is 1. The van der Waals surface area contributed by atoms with Gasteiger partial charge in [0.2, 0.25) is 5.91 Å². The summed E-state index contributed by atoms with van der Waals surface area (Å²) in [5.74, 6) is 2.45. The van der Waals surface area contributed by atoms with Crippen molar-refractivity contribution in [3.63, 3.8) is 0 Å². The highest BCUT2D eigenvalue weighted by atomic mass is 35.5. The SMILES string of the molecule is Nc1ccc(Cl)c(NC(=O)C23CC4CC(CC(C4)C2)C3)c1. The van der Waals surface area contributed by atoms with Crippen LogP contribution in [0.15, 0.2) is 18.2 Å². The normalized spacial score (nSPS) is 36.7. The molecule has 4 aliphatic carbocycles. The number of hydrogen-bond acceptors (Lipinski definition) is 2. The molecule has 3 N–H and O–H groups in total. The minimum Gasteiger partial charge on any atom is -0.399 e. The van der Waals surface area contributed by atoms with E-state index in [4.69, 9.17) is 17.3 Å². The first-order chi connectivity index (χ1) is 10.0. The number of nitrogens with two attached hydrogens (primary N) is 1. The minimum absolute atomic E-state index is 0.150. The van der Waals surface area contributed by atoms with Gasteiger partial charge in [-0.15, -0.1) is 0 Å². The van der Waals surface area contributed by atoms with Crippen LogP contribution in [-0.2, 0) is 4.79 Å². The van der Waals surface area contributed by atoms with Crippen LogP contribution in [0.1, 0.15) is 38.5 Å². The maximum absolute atomic E-state index is 12.9. The van der Waals surface area contributed by atoms with Crippen LogP contribution >= 0.6 is 11.6 Å². The van der Waals surface area contributed by atoms with Crippen LogP contribution in [0.3, 0.4) is 0 Å². The molecule has 4 saturated carbocycles. The van der Waals surface area contributed by atoms with Gasteiger partial charge in [-0.25, -0.2) is 0 Å². The number of halogens is 1. The maximum Gasteiger partial charge on any atom is 0.230 e. The molecule has 1 aromatic rings. The van der Waals surface area contributed by atoms with Gasteiger partial charge in [0.15, 0.2) is 0 Å². The molecule has 0 saturated heterocycles. The zero-order chi connectivity index (χ0) is 14.6. The molecule has 0 atom stereocenters. The van der Waals surface area contributed by atoms with Crippen molar-refractivity contribution < 1.29 is 4.79 Å². The van der Waals surface area contributed by atoms with Gasteiger partial charge in [-0.1, -0.05) is 11.6 Å². The van der Waals surface area contributed by atoms with Crippen LogP contribution in [0, 0.1) is 23.2 Å². The van der Waals surface area contributed by atoms with Gasteiger partial charge in [0.05, 0.1) is 16.1 Å². The highest BCUT2D eigenvalue weighted by Crippen LogP contribution is 2.60. The van der Waals surface area contributed by atoms with Gasteiger partial charge < -0.3 is 11.1 Å². The van der Waals surface area contributed by atoms with Crippen molar-refractivity contribution in [2.24, 2.45) is 23.2 Å². The Morgan fingerprint density at radius 2 is 1.71 bits per heavy atom. The number of carbonyl (C=O) groups is 1. The molecule has 112 valence electrons. The molecular weight excluding hydrogens is 284 g/mol. The van der Waals surface area contributed by atoms with Crippen LogP contribution < -0.4 is 11.1 Å². The van der Waals surface area contributed by atoms with Gasteiger partial charge in [-0.05, 0) is 74.5 Å². The Morgan fingerprint density at radius 3 is 2.29 bits per heavy atom. The van der Waals surface area contributed by atoms with E-state index in [2.05, 4.69) is 5.32 Å². The number of nitrogens with one attached hydrogen (secondary N) is 1. The van der Waals surface area contributed by atoms with E-state index in [9.17, 15) is 4.79 Å². The highest BCUT2D eigenvalue weighted by Gasteiger charge is 2.54. The fourth-order valence-electron chi connectivity index (χ4n) is 5.28. The molecule has 4 bridgehead atoms. The van der Waals surface area contributed by atoms with Crippen LogP contribution in [0.2, 0.25) is 5.02 Å². The van der Waals surface area contributed by atoms with Crippen molar-refractivity contribution in [3.8, 4) is 0 Å². The second kappa shape index (κ2) is 4.64. The van der Waals surface area contributed by atoms with Gasteiger partial charge >= 0.3 is 0 Å². The average Bonchev–Trinajstić information content (AvgIpc) is 2.41. The van der Waals surface area contributed by atoms with Crippen molar-refractivity contribution >= 4 is 28.9 Å². The average molecular weight is 305 g/mol. The van der Waals surface area contributed by atoms with Crippen LogP contribution in [0.4, 0.5) is 11.4 Å². The lowest BCUT2D eigenvalue weighted by Gasteiger charge is -2.55. The van der Waals surface area contributed by atoms with Crippen LogP contribution in [0.5, 0.6) is 0 Å². The van der Waals surface area contributed by atoms with E-state index < -0.39 is 0 Å². The Kier molecular flexibility index (Phi) is 2.97. The third-order valence-electron chi connectivity index (χ3n) is 5.76. The number of rotatable bonds is 2. The quantitative estimate of drug-likeness (QED) is 0.809. The molecular formula is C17H21ClN2O. The molecule has 4 heteroatoms. The van der Waals surface area contributed by atoms with Crippen LogP contribution in [-0.4, -0.2) is 5.91 Å². The van der Waals surface area contributed by atoms with E-state index in [1.54, 1.807) is 18.2 Å². The first kappa shape index (κ1) is 13.4. The topological polar surface area (TPSA) is 55.1 Å². The van der Waals surface area contributed by atoms with Gasteiger partial charge in [-0.2, -0.15) is 0 Å². The van der Waals surface area contributed by atoms with Crippen molar-refractivity contribution in [1.29, 1.82) is 0 Å². The Morgan fingerprint density at radius 1 is 1.14 bits per heavy atom. The van der Waals surface area contributed by atoms with Gasteiger partial charge in [0, 0.05) is 5.69 Å². The Labute approximate surface area is 130 Å². The Hall–Kier alpha value is -1.22. The monoisotopic (exact) mass is 304 g/mol. The highest BCUT2D eigenvalue weighted by molar-refractivity contribution is 6.33. The first-order valence-electron chi connectivity index (χ1n) is 7.90. The molecule has 1 amide bonds. The molecule has 5 rings (SSSR count). The van der Waals surface area contributed by atoms with Crippen LogP contribution in [0.25, 0.3) is 0 Å². The molecule has 4 aliphatic rings. The molecule has 0 unspecified atom stereocenters. The number of anilines is 2. The number of carbonyl (C=O) groups excluding carboxylic acids is 1. The summed E-state index contributed by atoms with van der Waals surface area (Å²) in [4.78, 5) is 12.9.